The average Bonchev–Trinajstić information content (AvgIpc) is 2.40. The molecular formula is C12H17NO. The maximum Gasteiger partial charge on any atom is 0.151 e. The van der Waals surface area contributed by atoms with Gasteiger partial charge in [0.05, 0.1) is 0 Å². The van der Waals surface area contributed by atoms with Gasteiger partial charge in [-0.25, -0.2) is 0 Å². The molecule has 0 spiro atoms. The lowest BCUT2D eigenvalue weighted by Gasteiger charge is -2.30. The fraction of sp³-hybridized carbons (Fsp3) is 0.667. The normalized spacial score (nSPS) is 34.5. The number of allylic oxidation sites excluding steroid dienone is 1. The van der Waals surface area contributed by atoms with Gasteiger partial charge in [0.1, 0.15) is 5.54 Å². The fourth-order valence-electron chi connectivity index (χ4n) is 2.32. The van der Waals surface area contributed by atoms with Gasteiger partial charge in [0.2, 0.25) is 0 Å². The van der Waals surface area contributed by atoms with Crippen LogP contribution in [0.3, 0.4) is 0 Å². The first kappa shape index (κ1) is 9.63. The SMILES string of the molecule is CC1(C)CCC2=NC(C)(C=O)C=C2C1. The minimum Gasteiger partial charge on any atom is -0.300 e. The topological polar surface area (TPSA) is 29.4 Å². The standard InChI is InChI=1S/C12H17NO/c1-11(2)5-4-10-9(6-11)7-12(3,8-14)13-10/h7-8H,4-6H2,1-3H3. The van der Waals surface area contributed by atoms with Gasteiger partial charge in [0, 0.05) is 5.71 Å². The van der Waals surface area contributed by atoms with Gasteiger partial charge in [-0.1, -0.05) is 13.8 Å². The van der Waals surface area contributed by atoms with E-state index in [2.05, 4.69) is 18.8 Å². The lowest BCUT2D eigenvalue weighted by molar-refractivity contribution is -0.110. The molecule has 0 aromatic heterocycles. The molecule has 0 aromatic carbocycles. The molecule has 2 nitrogen and oxygen atoms in total. The van der Waals surface area contributed by atoms with Crippen LogP contribution in [0.25, 0.3) is 0 Å². The number of hydrogen-bond donors (Lipinski definition) is 0. The molecule has 1 aliphatic heterocycles. The summed E-state index contributed by atoms with van der Waals surface area (Å²) < 4.78 is 0. The maximum absolute atomic E-state index is 10.9. The summed E-state index contributed by atoms with van der Waals surface area (Å²) in [5, 5.41) is 0. The summed E-state index contributed by atoms with van der Waals surface area (Å²) in [5.41, 5.74) is 2.28. The summed E-state index contributed by atoms with van der Waals surface area (Å²) in [7, 11) is 0. The third kappa shape index (κ3) is 1.54. The van der Waals surface area contributed by atoms with E-state index in [1.165, 1.54) is 17.7 Å². The summed E-state index contributed by atoms with van der Waals surface area (Å²) >= 11 is 0. The molecule has 0 aromatic rings. The van der Waals surface area contributed by atoms with E-state index in [0.29, 0.717) is 5.41 Å². The molecule has 0 amide bonds. The van der Waals surface area contributed by atoms with E-state index >= 15 is 0 Å². The summed E-state index contributed by atoms with van der Waals surface area (Å²) in [4.78, 5) is 15.4. The van der Waals surface area contributed by atoms with Crippen LogP contribution in [-0.2, 0) is 4.79 Å². The molecule has 1 unspecified atom stereocenters. The molecule has 2 aliphatic rings. The highest BCUT2D eigenvalue weighted by Crippen LogP contribution is 2.40. The van der Waals surface area contributed by atoms with Crippen LogP contribution in [0.2, 0.25) is 0 Å². The van der Waals surface area contributed by atoms with Gasteiger partial charge in [0.15, 0.2) is 6.29 Å². The Balaban J connectivity index is 2.31. The molecule has 0 N–H and O–H groups in total. The van der Waals surface area contributed by atoms with Crippen molar-refractivity contribution in [2.24, 2.45) is 10.4 Å². The Bertz CT molecular complexity index is 338. The predicted octanol–water partition coefficient (Wildman–Crippen LogP) is 2.54. The van der Waals surface area contributed by atoms with Crippen molar-refractivity contribution in [1.29, 1.82) is 0 Å². The Morgan fingerprint density at radius 3 is 2.79 bits per heavy atom. The number of rotatable bonds is 1. The van der Waals surface area contributed by atoms with Gasteiger partial charge in [0.25, 0.3) is 0 Å². The Labute approximate surface area is 85.1 Å². The Morgan fingerprint density at radius 1 is 1.43 bits per heavy atom. The van der Waals surface area contributed by atoms with Gasteiger partial charge >= 0.3 is 0 Å². The van der Waals surface area contributed by atoms with Crippen molar-refractivity contribution >= 4 is 12.0 Å². The van der Waals surface area contributed by atoms with E-state index in [1.807, 2.05) is 13.0 Å². The second-order valence-electron chi connectivity index (χ2n) is 5.41. The third-order valence-corrected chi connectivity index (χ3v) is 3.16. The van der Waals surface area contributed by atoms with Crippen LogP contribution < -0.4 is 0 Å². The molecule has 1 saturated carbocycles. The van der Waals surface area contributed by atoms with Crippen LogP contribution in [-0.4, -0.2) is 17.5 Å². The lowest BCUT2D eigenvalue weighted by atomic mass is 9.74. The minimum atomic E-state index is -0.564. The molecule has 1 aliphatic carbocycles. The van der Waals surface area contributed by atoms with Crippen LogP contribution >= 0.6 is 0 Å². The molecule has 2 heteroatoms. The number of aldehydes is 1. The number of aliphatic imine (C=N–C) groups is 1. The molecule has 14 heavy (non-hydrogen) atoms. The zero-order valence-corrected chi connectivity index (χ0v) is 9.13. The monoisotopic (exact) mass is 191 g/mol. The predicted molar refractivity (Wildman–Crippen MR) is 57.6 cm³/mol. The van der Waals surface area contributed by atoms with Crippen molar-refractivity contribution in [1.82, 2.24) is 0 Å². The maximum atomic E-state index is 10.9. The highest BCUT2D eigenvalue weighted by atomic mass is 16.1. The van der Waals surface area contributed by atoms with E-state index < -0.39 is 5.54 Å². The minimum absolute atomic E-state index is 0.374. The zero-order valence-electron chi connectivity index (χ0n) is 9.13. The Morgan fingerprint density at radius 2 is 2.14 bits per heavy atom. The van der Waals surface area contributed by atoms with E-state index in [9.17, 15) is 4.79 Å². The highest BCUT2D eigenvalue weighted by Gasteiger charge is 2.35. The summed E-state index contributed by atoms with van der Waals surface area (Å²) in [6.07, 6.45) is 6.25. The number of fused-ring (bicyclic) bond motifs is 1. The first-order chi connectivity index (χ1) is 6.44. The smallest absolute Gasteiger partial charge is 0.151 e. The van der Waals surface area contributed by atoms with Crippen LogP contribution in [0.15, 0.2) is 16.6 Å². The molecule has 0 bridgehead atoms. The molecule has 0 radical (unpaired) electrons. The molecule has 1 atom stereocenters. The molecule has 2 rings (SSSR count). The first-order valence-electron chi connectivity index (χ1n) is 5.21. The van der Waals surface area contributed by atoms with Crippen molar-refractivity contribution in [2.45, 2.75) is 45.6 Å². The van der Waals surface area contributed by atoms with Gasteiger partial charge in [-0.2, -0.15) is 0 Å². The van der Waals surface area contributed by atoms with Crippen molar-refractivity contribution < 1.29 is 4.79 Å². The second kappa shape index (κ2) is 2.78. The molecular weight excluding hydrogens is 174 g/mol. The van der Waals surface area contributed by atoms with E-state index in [-0.39, 0.29) is 0 Å². The van der Waals surface area contributed by atoms with Crippen LogP contribution in [0.4, 0.5) is 0 Å². The Kier molecular flexibility index (Phi) is 1.91. The third-order valence-electron chi connectivity index (χ3n) is 3.16. The number of carbonyl (C=O) groups is 1. The van der Waals surface area contributed by atoms with Gasteiger partial charge in [-0.05, 0) is 43.3 Å². The Hall–Kier alpha value is -0.920. The van der Waals surface area contributed by atoms with Crippen molar-refractivity contribution in [3.63, 3.8) is 0 Å². The van der Waals surface area contributed by atoms with Gasteiger partial charge in [-0.3, -0.25) is 4.99 Å². The molecule has 1 heterocycles. The number of hydrogen-bond acceptors (Lipinski definition) is 2. The summed E-state index contributed by atoms with van der Waals surface area (Å²) in [6, 6.07) is 0. The van der Waals surface area contributed by atoms with Crippen LogP contribution in [0.5, 0.6) is 0 Å². The average molecular weight is 191 g/mol. The van der Waals surface area contributed by atoms with Crippen molar-refractivity contribution in [3.8, 4) is 0 Å². The van der Waals surface area contributed by atoms with E-state index in [0.717, 1.165) is 19.1 Å². The van der Waals surface area contributed by atoms with E-state index in [4.69, 9.17) is 0 Å². The van der Waals surface area contributed by atoms with Crippen molar-refractivity contribution in [3.05, 3.63) is 11.6 Å². The lowest BCUT2D eigenvalue weighted by Crippen LogP contribution is -2.22. The van der Waals surface area contributed by atoms with Crippen LogP contribution in [0.1, 0.15) is 40.0 Å². The van der Waals surface area contributed by atoms with Crippen LogP contribution in [0, 0.1) is 5.41 Å². The summed E-state index contributed by atoms with van der Waals surface area (Å²) in [6.45, 7) is 6.44. The van der Waals surface area contributed by atoms with E-state index in [1.54, 1.807) is 0 Å². The van der Waals surface area contributed by atoms with Gasteiger partial charge in [-0.15, -0.1) is 0 Å². The quantitative estimate of drug-likeness (QED) is 0.586. The molecule has 76 valence electrons. The second-order valence-corrected chi connectivity index (χ2v) is 5.41. The fourth-order valence-corrected chi connectivity index (χ4v) is 2.32. The highest BCUT2D eigenvalue weighted by molar-refractivity contribution is 6.05. The summed E-state index contributed by atoms with van der Waals surface area (Å²) in [5.74, 6) is 0. The largest absolute Gasteiger partial charge is 0.300 e. The first-order valence-corrected chi connectivity index (χ1v) is 5.21. The zero-order chi connectivity index (χ0) is 10.4. The molecule has 0 saturated heterocycles. The number of carbonyl (C=O) groups excluding carboxylic acids is 1. The number of nitrogens with zero attached hydrogens (tertiary/aromatic N) is 1. The van der Waals surface area contributed by atoms with Crippen molar-refractivity contribution in [2.75, 3.05) is 0 Å². The van der Waals surface area contributed by atoms with Gasteiger partial charge < -0.3 is 4.79 Å². The molecule has 1 fully saturated rings.